The molecule has 2 aliphatic rings. The maximum Gasteiger partial charge on any atom is 0.238 e. The van der Waals surface area contributed by atoms with Crippen LogP contribution in [-0.4, -0.2) is 32.7 Å². The number of hydrogen-bond donors (Lipinski definition) is 3. The van der Waals surface area contributed by atoms with Gasteiger partial charge in [0.25, 0.3) is 0 Å². The number of nitrogens with zero attached hydrogens (tertiary/aromatic N) is 1. The van der Waals surface area contributed by atoms with Crippen molar-refractivity contribution in [2.45, 2.75) is 23.8 Å². The van der Waals surface area contributed by atoms with E-state index in [2.05, 4.69) is 4.90 Å². The first-order valence-corrected chi connectivity index (χ1v) is 8.26. The minimum Gasteiger partial charge on any atom is -0.397 e. The predicted octanol–water partition coefficient (Wildman–Crippen LogP) is 0.123. The number of sulfonamides is 1. The highest BCUT2D eigenvalue weighted by Gasteiger charge is 2.42. The lowest BCUT2D eigenvalue weighted by molar-refractivity contribution is 0.133. The summed E-state index contributed by atoms with van der Waals surface area (Å²) in [6.45, 7) is 1.63. The van der Waals surface area contributed by atoms with Crippen LogP contribution in [0.3, 0.4) is 0 Å². The quantitative estimate of drug-likeness (QED) is 0.672. The molecule has 1 aromatic carbocycles. The van der Waals surface area contributed by atoms with Gasteiger partial charge in [-0.25, -0.2) is 13.6 Å². The van der Waals surface area contributed by atoms with E-state index >= 15 is 0 Å². The van der Waals surface area contributed by atoms with Crippen LogP contribution in [0.2, 0.25) is 0 Å². The zero-order chi connectivity index (χ0) is 14.5. The number of anilines is 2. The number of fused-ring (bicyclic) bond motifs is 1. The third-order valence-corrected chi connectivity index (χ3v) is 5.40. The summed E-state index contributed by atoms with van der Waals surface area (Å²) in [5.74, 6) is 0.801. The Balaban J connectivity index is 1.86. The number of aliphatic hydroxyl groups excluding tert-OH is 1. The van der Waals surface area contributed by atoms with Gasteiger partial charge in [-0.15, -0.1) is 0 Å². The summed E-state index contributed by atoms with van der Waals surface area (Å²) in [6, 6.07) is 4.57. The van der Waals surface area contributed by atoms with Crippen LogP contribution >= 0.6 is 0 Å². The molecule has 6 nitrogen and oxygen atoms in total. The second kappa shape index (κ2) is 4.61. The molecule has 3 atom stereocenters. The maximum absolute atomic E-state index is 11.3. The first kappa shape index (κ1) is 13.7. The highest BCUT2D eigenvalue weighted by molar-refractivity contribution is 7.89. The van der Waals surface area contributed by atoms with Gasteiger partial charge in [-0.2, -0.15) is 0 Å². The van der Waals surface area contributed by atoms with Crippen LogP contribution in [-0.2, 0) is 10.0 Å². The molecule has 1 aromatic rings. The average molecular weight is 297 g/mol. The number of rotatable bonds is 2. The highest BCUT2D eigenvalue weighted by atomic mass is 32.2. The molecule has 0 aromatic heterocycles. The molecule has 1 aliphatic heterocycles. The molecule has 1 heterocycles. The summed E-state index contributed by atoms with van der Waals surface area (Å²) in [5, 5.41) is 15.0. The Hall–Kier alpha value is -1.31. The SMILES string of the molecule is Nc1cc(S(N)(=O)=O)ccc1N1CC2CCC(O)C2C1. The van der Waals surface area contributed by atoms with Gasteiger partial charge in [0.05, 0.1) is 22.4 Å². The normalized spacial score (nSPS) is 29.7. The number of hydrogen-bond acceptors (Lipinski definition) is 5. The molecule has 0 bridgehead atoms. The second-order valence-electron chi connectivity index (χ2n) is 5.74. The van der Waals surface area contributed by atoms with Gasteiger partial charge in [0.15, 0.2) is 0 Å². The molecule has 0 amide bonds. The van der Waals surface area contributed by atoms with Gasteiger partial charge < -0.3 is 15.7 Å². The van der Waals surface area contributed by atoms with Crippen LogP contribution in [0.4, 0.5) is 11.4 Å². The first-order valence-electron chi connectivity index (χ1n) is 6.71. The van der Waals surface area contributed by atoms with E-state index in [0.717, 1.165) is 31.6 Å². The molecule has 1 saturated heterocycles. The molecule has 3 unspecified atom stereocenters. The van der Waals surface area contributed by atoms with Gasteiger partial charge in [-0.3, -0.25) is 0 Å². The number of nitrogens with two attached hydrogens (primary N) is 2. The number of aliphatic hydroxyl groups is 1. The molecule has 3 rings (SSSR count). The van der Waals surface area contributed by atoms with Gasteiger partial charge in [-0.05, 0) is 37.0 Å². The van der Waals surface area contributed by atoms with Crippen molar-refractivity contribution in [3.05, 3.63) is 18.2 Å². The lowest BCUT2D eigenvalue weighted by atomic mass is 10.00. The van der Waals surface area contributed by atoms with E-state index in [1.165, 1.54) is 12.1 Å². The van der Waals surface area contributed by atoms with Crippen LogP contribution in [0.25, 0.3) is 0 Å². The smallest absolute Gasteiger partial charge is 0.238 e. The third-order valence-electron chi connectivity index (χ3n) is 4.49. The number of primary sulfonamides is 1. The topological polar surface area (TPSA) is 110 Å². The van der Waals surface area contributed by atoms with E-state index < -0.39 is 10.0 Å². The Bertz CT molecular complexity index is 632. The van der Waals surface area contributed by atoms with E-state index in [-0.39, 0.29) is 11.0 Å². The number of benzene rings is 1. The average Bonchev–Trinajstić information content (AvgIpc) is 2.91. The van der Waals surface area contributed by atoms with Crippen molar-refractivity contribution in [3.8, 4) is 0 Å². The fraction of sp³-hybridized carbons (Fsp3) is 0.538. The van der Waals surface area contributed by atoms with Crippen LogP contribution in [0, 0.1) is 11.8 Å². The fourth-order valence-electron chi connectivity index (χ4n) is 3.43. The van der Waals surface area contributed by atoms with Gasteiger partial charge >= 0.3 is 0 Å². The molecular weight excluding hydrogens is 278 g/mol. The summed E-state index contributed by atoms with van der Waals surface area (Å²) in [5.41, 5.74) is 7.19. The van der Waals surface area contributed by atoms with Gasteiger partial charge in [0.1, 0.15) is 0 Å². The minimum atomic E-state index is -3.73. The summed E-state index contributed by atoms with van der Waals surface area (Å²) in [4.78, 5) is 2.15. The van der Waals surface area contributed by atoms with Crippen molar-refractivity contribution >= 4 is 21.4 Å². The summed E-state index contributed by atoms with van der Waals surface area (Å²) in [6.07, 6.45) is 1.69. The van der Waals surface area contributed by atoms with Crippen molar-refractivity contribution in [2.24, 2.45) is 17.0 Å². The van der Waals surface area contributed by atoms with E-state index in [0.29, 0.717) is 17.5 Å². The van der Waals surface area contributed by atoms with E-state index in [4.69, 9.17) is 10.9 Å². The molecule has 0 spiro atoms. The Kier molecular flexibility index (Phi) is 3.15. The van der Waals surface area contributed by atoms with Crippen molar-refractivity contribution in [1.82, 2.24) is 0 Å². The predicted molar refractivity (Wildman–Crippen MR) is 76.7 cm³/mol. The highest BCUT2D eigenvalue weighted by Crippen LogP contribution is 2.41. The minimum absolute atomic E-state index is 0.0261. The molecule has 110 valence electrons. The molecule has 1 aliphatic carbocycles. The van der Waals surface area contributed by atoms with Gasteiger partial charge in [0.2, 0.25) is 10.0 Å². The summed E-state index contributed by atoms with van der Waals surface area (Å²) < 4.78 is 22.6. The van der Waals surface area contributed by atoms with Gasteiger partial charge in [-0.1, -0.05) is 0 Å². The first-order chi connectivity index (χ1) is 9.36. The monoisotopic (exact) mass is 297 g/mol. The zero-order valence-corrected chi connectivity index (χ0v) is 11.9. The summed E-state index contributed by atoms with van der Waals surface area (Å²) >= 11 is 0. The zero-order valence-electron chi connectivity index (χ0n) is 11.1. The lowest BCUT2D eigenvalue weighted by Gasteiger charge is -2.22. The third kappa shape index (κ3) is 2.25. The van der Waals surface area contributed by atoms with Crippen molar-refractivity contribution in [2.75, 3.05) is 23.7 Å². The number of nitrogen functional groups attached to an aromatic ring is 1. The molecule has 2 fully saturated rings. The van der Waals surface area contributed by atoms with Crippen LogP contribution in [0.5, 0.6) is 0 Å². The summed E-state index contributed by atoms with van der Waals surface area (Å²) in [7, 11) is -3.73. The largest absolute Gasteiger partial charge is 0.397 e. The molecular formula is C13H19N3O3S. The maximum atomic E-state index is 11.3. The Morgan fingerprint density at radius 1 is 1.25 bits per heavy atom. The fourth-order valence-corrected chi connectivity index (χ4v) is 3.98. The Morgan fingerprint density at radius 3 is 2.60 bits per heavy atom. The van der Waals surface area contributed by atoms with Crippen molar-refractivity contribution in [1.29, 1.82) is 0 Å². The second-order valence-corrected chi connectivity index (χ2v) is 7.30. The van der Waals surface area contributed by atoms with Crippen LogP contribution in [0.15, 0.2) is 23.1 Å². The van der Waals surface area contributed by atoms with Crippen LogP contribution < -0.4 is 15.8 Å². The Morgan fingerprint density at radius 2 is 2.00 bits per heavy atom. The van der Waals surface area contributed by atoms with Gasteiger partial charge in [0, 0.05) is 19.0 Å². The van der Waals surface area contributed by atoms with E-state index in [9.17, 15) is 13.5 Å². The van der Waals surface area contributed by atoms with E-state index in [1.54, 1.807) is 6.07 Å². The van der Waals surface area contributed by atoms with Crippen molar-refractivity contribution < 1.29 is 13.5 Å². The molecule has 1 saturated carbocycles. The molecule has 0 radical (unpaired) electrons. The van der Waals surface area contributed by atoms with Crippen molar-refractivity contribution in [3.63, 3.8) is 0 Å². The Labute approximate surface area is 118 Å². The lowest BCUT2D eigenvalue weighted by Crippen LogP contribution is -2.25. The van der Waals surface area contributed by atoms with E-state index in [1.807, 2.05) is 0 Å². The molecule has 20 heavy (non-hydrogen) atoms. The standard InChI is InChI=1S/C13H19N3O3S/c14-11-5-9(20(15,18)19)2-3-12(11)16-6-8-1-4-13(17)10(8)7-16/h2-3,5,8,10,13,17H,1,4,6-7,14H2,(H2,15,18,19). The molecule has 7 heteroatoms. The van der Waals surface area contributed by atoms with Crippen LogP contribution in [0.1, 0.15) is 12.8 Å². The molecule has 5 N–H and O–H groups in total.